The Morgan fingerprint density at radius 2 is 1.66 bits per heavy atom. The number of halogens is 1. The first-order valence-corrected chi connectivity index (χ1v) is 10.2. The highest BCUT2D eigenvalue weighted by atomic mass is 35.5. The minimum atomic E-state index is -0.821. The number of nitrogens with zero attached hydrogens (tertiary/aromatic N) is 1. The van der Waals surface area contributed by atoms with E-state index in [1.54, 1.807) is 61.5 Å². The van der Waals surface area contributed by atoms with Crippen LogP contribution in [-0.4, -0.2) is 43.6 Å². The summed E-state index contributed by atoms with van der Waals surface area (Å²) in [5.74, 6) is -1.94. The van der Waals surface area contributed by atoms with Crippen molar-refractivity contribution in [3.8, 4) is 0 Å². The normalized spacial score (nSPS) is 11.2. The summed E-state index contributed by atoms with van der Waals surface area (Å²) < 4.78 is 10.0. The Labute approximate surface area is 190 Å². The highest BCUT2D eigenvalue weighted by molar-refractivity contribution is 6.30. The highest BCUT2D eigenvalue weighted by Gasteiger charge is 2.23. The van der Waals surface area contributed by atoms with Crippen LogP contribution in [-0.2, 0) is 23.9 Å². The van der Waals surface area contributed by atoms with Gasteiger partial charge in [0.1, 0.15) is 6.54 Å². The Hall–Kier alpha value is -3.59. The van der Waals surface area contributed by atoms with Gasteiger partial charge >= 0.3 is 18.0 Å². The fourth-order valence-electron chi connectivity index (χ4n) is 2.83. The summed E-state index contributed by atoms with van der Waals surface area (Å²) in [6.07, 6.45) is -0.263. The number of carbonyl (C=O) groups excluding carboxylic acids is 4. The molecule has 0 aromatic heterocycles. The van der Waals surface area contributed by atoms with Gasteiger partial charge in [-0.15, -0.1) is 0 Å². The van der Waals surface area contributed by atoms with Gasteiger partial charge in [-0.25, -0.2) is 4.79 Å². The molecule has 0 saturated heterocycles. The first-order valence-electron chi connectivity index (χ1n) is 9.78. The second-order valence-electron chi connectivity index (χ2n) is 6.60. The summed E-state index contributed by atoms with van der Waals surface area (Å²) in [6, 6.07) is 13.4. The number of benzene rings is 2. The number of nitrogens with two attached hydrogens (primary N) is 1. The third-order valence-electron chi connectivity index (χ3n) is 4.28. The van der Waals surface area contributed by atoms with Crippen molar-refractivity contribution in [1.82, 2.24) is 5.32 Å². The Morgan fingerprint density at radius 3 is 2.25 bits per heavy atom. The molecule has 32 heavy (non-hydrogen) atoms. The van der Waals surface area contributed by atoms with Gasteiger partial charge in [0.2, 0.25) is 0 Å². The highest BCUT2D eigenvalue weighted by Crippen LogP contribution is 2.20. The van der Waals surface area contributed by atoms with E-state index in [0.717, 1.165) is 0 Å². The van der Waals surface area contributed by atoms with Crippen LogP contribution in [0.4, 0.5) is 10.5 Å². The molecule has 2 aromatic rings. The Morgan fingerprint density at radius 1 is 1.00 bits per heavy atom. The molecule has 0 aliphatic carbocycles. The molecule has 0 aliphatic rings. The smallest absolute Gasteiger partial charge is 0.326 e. The van der Waals surface area contributed by atoms with Gasteiger partial charge in [-0.3, -0.25) is 19.3 Å². The van der Waals surface area contributed by atoms with Crippen molar-refractivity contribution < 1.29 is 28.7 Å². The standard InChI is InChI=1S/C22H24ClN3O6/c1-2-31-21(29)13-26(17-6-4-3-5-7-17)19(27)14-32-20(28)12-18(25-22(24)30)15-8-10-16(23)11-9-15/h3-11,18H,2,12-14H2,1H3,(H3,24,25,30). The number of esters is 2. The summed E-state index contributed by atoms with van der Waals surface area (Å²) in [7, 11) is 0. The van der Waals surface area contributed by atoms with E-state index in [4.69, 9.17) is 26.8 Å². The topological polar surface area (TPSA) is 128 Å². The largest absolute Gasteiger partial charge is 0.465 e. The molecule has 0 radical (unpaired) electrons. The van der Waals surface area contributed by atoms with Crippen LogP contribution in [0.1, 0.15) is 24.9 Å². The summed E-state index contributed by atoms with van der Waals surface area (Å²) in [6.45, 7) is 0.900. The molecule has 1 unspecified atom stereocenters. The molecule has 0 saturated carbocycles. The minimum Gasteiger partial charge on any atom is -0.465 e. The van der Waals surface area contributed by atoms with Crippen molar-refractivity contribution >= 4 is 41.2 Å². The number of anilines is 1. The molecule has 0 aliphatic heterocycles. The number of urea groups is 1. The summed E-state index contributed by atoms with van der Waals surface area (Å²) >= 11 is 5.87. The third kappa shape index (κ3) is 7.92. The van der Waals surface area contributed by atoms with E-state index in [9.17, 15) is 19.2 Å². The second kappa shape index (κ2) is 12.3. The van der Waals surface area contributed by atoms with Gasteiger partial charge in [-0.05, 0) is 36.8 Å². The van der Waals surface area contributed by atoms with Gasteiger partial charge < -0.3 is 20.5 Å². The second-order valence-corrected chi connectivity index (χ2v) is 7.03. The van der Waals surface area contributed by atoms with Crippen LogP contribution in [0.2, 0.25) is 5.02 Å². The van der Waals surface area contributed by atoms with E-state index in [0.29, 0.717) is 16.3 Å². The van der Waals surface area contributed by atoms with Crippen molar-refractivity contribution in [2.45, 2.75) is 19.4 Å². The van der Waals surface area contributed by atoms with Crippen molar-refractivity contribution in [3.63, 3.8) is 0 Å². The maximum absolute atomic E-state index is 12.7. The summed E-state index contributed by atoms with van der Waals surface area (Å²) in [4.78, 5) is 49.5. The number of ether oxygens (including phenoxy) is 2. The van der Waals surface area contributed by atoms with Gasteiger partial charge in [-0.1, -0.05) is 41.9 Å². The molecular formula is C22H24ClN3O6. The Bertz CT molecular complexity index is 936. The zero-order valence-corrected chi connectivity index (χ0v) is 18.2. The third-order valence-corrected chi connectivity index (χ3v) is 4.53. The van der Waals surface area contributed by atoms with Crippen LogP contribution in [0, 0.1) is 0 Å². The Kier molecular flexibility index (Phi) is 9.49. The van der Waals surface area contributed by atoms with Crippen molar-refractivity contribution in [1.29, 1.82) is 0 Å². The SMILES string of the molecule is CCOC(=O)CN(C(=O)COC(=O)CC(NC(N)=O)c1ccc(Cl)cc1)c1ccccc1. The maximum Gasteiger partial charge on any atom is 0.326 e. The number of carbonyl (C=O) groups is 4. The van der Waals surface area contributed by atoms with Crippen LogP contribution >= 0.6 is 11.6 Å². The fourth-order valence-corrected chi connectivity index (χ4v) is 2.96. The summed E-state index contributed by atoms with van der Waals surface area (Å²) in [5, 5.41) is 2.95. The molecule has 0 spiro atoms. The number of primary amides is 1. The molecule has 0 bridgehead atoms. The molecule has 3 N–H and O–H groups in total. The number of nitrogens with one attached hydrogen (secondary N) is 1. The molecule has 0 heterocycles. The first-order chi connectivity index (χ1) is 15.3. The van der Waals surface area contributed by atoms with Gasteiger partial charge in [0.25, 0.3) is 5.91 Å². The van der Waals surface area contributed by atoms with Crippen LogP contribution in [0.15, 0.2) is 54.6 Å². The number of hydrogen-bond donors (Lipinski definition) is 2. The average molecular weight is 462 g/mol. The lowest BCUT2D eigenvalue weighted by Gasteiger charge is -2.22. The fraction of sp³-hybridized carbons (Fsp3) is 0.273. The monoisotopic (exact) mass is 461 g/mol. The zero-order valence-electron chi connectivity index (χ0n) is 17.5. The van der Waals surface area contributed by atoms with Crippen LogP contribution in [0.5, 0.6) is 0 Å². The zero-order chi connectivity index (χ0) is 23.5. The van der Waals surface area contributed by atoms with E-state index >= 15 is 0 Å². The molecule has 10 heteroatoms. The molecule has 0 fully saturated rings. The minimum absolute atomic E-state index is 0.170. The number of hydrogen-bond acceptors (Lipinski definition) is 6. The molecular weight excluding hydrogens is 438 g/mol. The van der Waals surface area contributed by atoms with E-state index < -0.39 is 36.5 Å². The number of amides is 3. The lowest BCUT2D eigenvalue weighted by atomic mass is 10.0. The first kappa shape index (κ1) is 24.7. The molecule has 1 atom stereocenters. The lowest BCUT2D eigenvalue weighted by molar-refractivity contribution is -0.148. The molecule has 3 amide bonds. The van der Waals surface area contributed by atoms with Gasteiger partial charge in [0.05, 0.1) is 19.1 Å². The van der Waals surface area contributed by atoms with Crippen molar-refractivity contribution in [3.05, 3.63) is 65.2 Å². The van der Waals surface area contributed by atoms with Crippen LogP contribution in [0.3, 0.4) is 0 Å². The predicted molar refractivity (Wildman–Crippen MR) is 118 cm³/mol. The number of rotatable bonds is 10. The van der Waals surface area contributed by atoms with Crippen LogP contribution in [0.25, 0.3) is 0 Å². The van der Waals surface area contributed by atoms with E-state index in [1.807, 2.05) is 0 Å². The molecule has 2 rings (SSSR count). The predicted octanol–water partition coefficient (Wildman–Crippen LogP) is 2.58. The van der Waals surface area contributed by atoms with Gasteiger partial charge in [0.15, 0.2) is 6.61 Å². The Balaban J connectivity index is 2.03. The van der Waals surface area contributed by atoms with E-state index in [2.05, 4.69) is 5.32 Å². The summed E-state index contributed by atoms with van der Waals surface area (Å²) in [5.41, 5.74) is 6.24. The molecule has 9 nitrogen and oxygen atoms in total. The van der Waals surface area contributed by atoms with E-state index in [-0.39, 0.29) is 19.6 Å². The quantitative estimate of drug-likeness (QED) is 0.523. The van der Waals surface area contributed by atoms with Crippen molar-refractivity contribution in [2.75, 3.05) is 24.7 Å². The van der Waals surface area contributed by atoms with Gasteiger partial charge in [0, 0.05) is 10.7 Å². The molecule has 2 aromatic carbocycles. The van der Waals surface area contributed by atoms with E-state index in [1.165, 1.54) is 4.90 Å². The van der Waals surface area contributed by atoms with Gasteiger partial charge in [-0.2, -0.15) is 0 Å². The van der Waals surface area contributed by atoms with Crippen molar-refractivity contribution in [2.24, 2.45) is 5.73 Å². The lowest BCUT2D eigenvalue weighted by Crippen LogP contribution is -2.39. The van der Waals surface area contributed by atoms with Crippen LogP contribution < -0.4 is 16.0 Å². The average Bonchev–Trinajstić information content (AvgIpc) is 2.76. The number of para-hydroxylation sites is 1. The molecule has 170 valence electrons. The maximum atomic E-state index is 12.7.